The summed E-state index contributed by atoms with van der Waals surface area (Å²) in [6.07, 6.45) is 2.45. The molecule has 0 atom stereocenters. The van der Waals surface area contributed by atoms with Gasteiger partial charge in [0.2, 0.25) is 11.8 Å². The fourth-order valence-electron chi connectivity index (χ4n) is 1.97. The zero-order valence-corrected chi connectivity index (χ0v) is 12.4. The molecular formula is C13H10IN3O3. The van der Waals surface area contributed by atoms with Crippen molar-refractivity contribution in [2.45, 2.75) is 12.8 Å². The minimum absolute atomic E-state index is 0.0250. The van der Waals surface area contributed by atoms with E-state index in [1.54, 1.807) is 12.1 Å². The Morgan fingerprint density at radius 3 is 2.95 bits per heavy atom. The number of aryl methyl sites for hydroxylation is 1. The molecular weight excluding hydrogens is 373 g/mol. The van der Waals surface area contributed by atoms with Crippen LogP contribution >= 0.6 is 22.6 Å². The number of nitrogens with zero attached hydrogens (tertiary/aromatic N) is 1. The third-order valence-corrected chi connectivity index (χ3v) is 3.90. The van der Waals surface area contributed by atoms with Crippen molar-refractivity contribution in [2.24, 2.45) is 0 Å². The molecule has 1 aromatic carbocycles. The fourth-order valence-corrected chi connectivity index (χ4v) is 2.38. The maximum atomic E-state index is 11.5. The van der Waals surface area contributed by atoms with Gasteiger partial charge in [0, 0.05) is 12.1 Å². The number of fused-ring (bicyclic) bond motifs is 1. The van der Waals surface area contributed by atoms with E-state index >= 15 is 0 Å². The molecule has 0 radical (unpaired) electrons. The number of halogens is 1. The van der Waals surface area contributed by atoms with Gasteiger partial charge in [-0.3, -0.25) is 9.59 Å². The van der Waals surface area contributed by atoms with Crippen LogP contribution < -0.4 is 15.6 Å². The molecule has 1 aliphatic rings. The lowest BCUT2D eigenvalue weighted by atomic mass is 10.0. The molecule has 1 amide bonds. The van der Waals surface area contributed by atoms with Gasteiger partial charge in [0.1, 0.15) is 9.32 Å². The number of aromatic amines is 1. The molecule has 0 fully saturated rings. The van der Waals surface area contributed by atoms with Crippen LogP contribution in [0.1, 0.15) is 12.0 Å². The summed E-state index contributed by atoms with van der Waals surface area (Å²) in [7, 11) is 0. The number of carbonyl (C=O) groups excluding carboxylic acids is 1. The topological polar surface area (TPSA) is 84.1 Å². The van der Waals surface area contributed by atoms with Gasteiger partial charge in [-0.25, -0.2) is 4.98 Å². The van der Waals surface area contributed by atoms with Crippen LogP contribution in [-0.4, -0.2) is 15.9 Å². The first-order chi connectivity index (χ1) is 9.63. The van der Waals surface area contributed by atoms with E-state index < -0.39 is 0 Å². The van der Waals surface area contributed by atoms with Crippen molar-refractivity contribution >= 4 is 34.2 Å². The maximum Gasteiger partial charge on any atom is 0.268 e. The summed E-state index contributed by atoms with van der Waals surface area (Å²) in [6, 6.07) is 5.39. The van der Waals surface area contributed by atoms with Crippen LogP contribution in [0.25, 0.3) is 0 Å². The van der Waals surface area contributed by atoms with Gasteiger partial charge < -0.3 is 15.0 Å². The number of hydrogen-bond donors (Lipinski definition) is 2. The molecule has 2 N–H and O–H groups in total. The second-order valence-electron chi connectivity index (χ2n) is 4.32. The smallest absolute Gasteiger partial charge is 0.268 e. The Morgan fingerprint density at radius 1 is 1.25 bits per heavy atom. The molecule has 0 unspecified atom stereocenters. The highest BCUT2D eigenvalue weighted by Gasteiger charge is 2.16. The zero-order valence-electron chi connectivity index (χ0n) is 10.3. The third-order valence-electron chi connectivity index (χ3n) is 2.95. The predicted octanol–water partition coefficient (Wildman–Crippen LogP) is 2.05. The molecule has 0 aliphatic carbocycles. The van der Waals surface area contributed by atoms with Crippen LogP contribution in [0.5, 0.6) is 11.6 Å². The van der Waals surface area contributed by atoms with Crippen LogP contribution in [0, 0.1) is 3.57 Å². The summed E-state index contributed by atoms with van der Waals surface area (Å²) < 4.78 is 6.03. The largest absolute Gasteiger partial charge is 0.438 e. The van der Waals surface area contributed by atoms with Crippen molar-refractivity contribution in [3.05, 3.63) is 44.0 Å². The Labute approximate surface area is 127 Å². The quantitative estimate of drug-likeness (QED) is 0.778. The number of hydrogen-bond acceptors (Lipinski definition) is 4. The molecule has 20 heavy (non-hydrogen) atoms. The number of H-pyrrole nitrogens is 1. The zero-order chi connectivity index (χ0) is 14.1. The van der Waals surface area contributed by atoms with Crippen molar-refractivity contribution in [1.82, 2.24) is 9.97 Å². The fraction of sp³-hybridized carbons (Fsp3) is 0.154. The Morgan fingerprint density at radius 2 is 2.10 bits per heavy atom. The van der Waals surface area contributed by atoms with E-state index in [1.807, 2.05) is 28.7 Å². The molecule has 0 saturated carbocycles. The number of carbonyl (C=O) groups is 1. The van der Waals surface area contributed by atoms with Crippen LogP contribution in [0.15, 0.2) is 29.3 Å². The molecule has 102 valence electrons. The average Bonchev–Trinajstić information content (AvgIpc) is 2.44. The van der Waals surface area contributed by atoms with Crippen LogP contribution in [0.3, 0.4) is 0 Å². The highest BCUT2D eigenvalue weighted by molar-refractivity contribution is 14.1. The molecule has 7 heteroatoms. The van der Waals surface area contributed by atoms with Gasteiger partial charge in [0.05, 0.1) is 6.33 Å². The summed E-state index contributed by atoms with van der Waals surface area (Å²) in [6.45, 7) is 0. The number of nitrogens with one attached hydrogen (secondary N) is 2. The number of anilines is 1. The molecule has 0 bridgehead atoms. The lowest BCUT2D eigenvalue weighted by molar-refractivity contribution is -0.116. The number of amides is 1. The molecule has 2 heterocycles. The van der Waals surface area contributed by atoms with Crippen molar-refractivity contribution in [3.8, 4) is 11.6 Å². The van der Waals surface area contributed by atoms with Gasteiger partial charge in [-0.2, -0.15) is 0 Å². The summed E-state index contributed by atoms with van der Waals surface area (Å²) in [4.78, 5) is 29.2. The average molecular weight is 383 g/mol. The van der Waals surface area contributed by atoms with E-state index in [-0.39, 0.29) is 17.3 Å². The molecule has 3 rings (SSSR count). The van der Waals surface area contributed by atoms with Gasteiger partial charge in [-0.15, -0.1) is 0 Å². The van der Waals surface area contributed by atoms with Gasteiger partial charge in [-0.05, 0) is 52.8 Å². The second-order valence-corrected chi connectivity index (χ2v) is 5.40. The van der Waals surface area contributed by atoms with Crippen molar-refractivity contribution < 1.29 is 9.53 Å². The van der Waals surface area contributed by atoms with E-state index in [1.165, 1.54) is 6.33 Å². The Bertz CT molecular complexity index is 742. The Hall–Kier alpha value is -1.90. The van der Waals surface area contributed by atoms with Crippen molar-refractivity contribution in [1.29, 1.82) is 0 Å². The van der Waals surface area contributed by atoms with Crippen molar-refractivity contribution in [3.63, 3.8) is 0 Å². The van der Waals surface area contributed by atoms with E-state index in [4.69, 9.17) is 4.74 Å². The lowest BCUT2D eigenvalue weighted by Gasteiger charge is -2.17. The van der Waals surface area contributed by atoms with Gasteiger partial charge >= 0.3 is 0 Å². The van der Waals surface area contributed by atoms with Crippen LogP contribution in [0.2, 0.25) is 0 Å². The summed E-state index contributed by atoms with van der Waals surface area (Å²) in [5, 5.41) is 2.80. The molecule has 1 aromatic heterocycles. The summed E-state index contributed by atoms with van der Waals surface area (Å²) in [5.74, 6) is 0.891. The first kappa shape index (κ1) is 13.1. The second kappa shape index (κ2) is 5.23. The predicted molar refractivity (Wildman–Crippen MR) is 81.0 cm³/mol. The highest BCUT2D eigenvalue weighted by atomic mass is 127. The lowest BCUT2D eigenvalue weighted by Crippen LogP contribution is -2.18. The summed E-state index contributed by atoms with van der Waals surface area (Å²) >= 11 is 1.89. The monoisotopic (exact) mass is 383 g/mol. The van der Waals surface area contributed by atoms with Crippen LogP contribution in [0.4, 0.5) is 5.69 Å². The van der Waals surface area contributed by atoms with Crippen molar-refractivity contribution in [2.75, 3.05) is 5.32 Å². The first-order valence-corrected chi connectivity index (χ1v) is 7.05. The third kappa shape index (κ3) is 2.53. The van der Waals surface area contributed by atoms with E-state index in [9.17, 15) is 9.59 Å². The number of benzene rings is 1. The van der Waals surface area contributed by atoms with Gasteiger partial charge in [0.25, 0.3) is 5.56 Å². The SMILES string of the molecule is O=C1CCc2cc(Oc3nc[nH]c(=O)c3I)ccc2N1. The summed E-state index contributed by atoms with van der Waals surface area (Å²) in [5.41, 5.74) is 1.59. The van der Waals surface area contributed by atoms with E-state index in [2.05, 4.69) is 15.3 Å². The minimum Gasteiger partial charge on any atom is -0.438 e. The number of ether oxygens (including phenoxy) is 1. The number of aromatic nitrogens is 2. The maximum absolute atomic E-state index is 11.5. The molecule has 1 aliphatic heterocycles. The number of rotatable bonds is 2. The highest BCUT2D eigenvalue weighted by Crippen LogP contribution is 2.29. The van der Waals surface area contributed by atoms with Gasteiger partial charge in [-0.1, -0.05) is 0 Å². The minimum atomic E-state index is -0.235. The normalized spacial score (nSPS) is 13.6. The van der Waals surface area contributed by atoms with E-state index in [0.717, 1.165) is 11.3 Å². The first-order valence-electron chi connectivity index (χ1n) is 5.97. The Kier molecular flexibility index (Phi) is 3.43. The Balaban J connectivity index is 1.90. The molecule has 0 saturated heterocycles. The van der Waals surface area contributed by atoms with Crippen LogP contribution in [-0.2, 0) is 11.2 Å². The molecule has 0 spiro atoms. The van der Waals surface area contributed by atoms with Gasteiger partial charge in [0.15, 0.2) is 0 Å². The molecule has 6 nitrogen and oxygen atoms in total. The standard InChI is InChI=1S/C13H10IN3O3/c14-11-12(19)15-6-16-13(11)20-8-2-3-9-7(5-8)1-4-10(18)17-9/h2-3,5-6H,1,4H2,(H,17,18)(H,15,16,19). The van der Waals surface area contributed by atoms with E-state index in [0.29, 0.717) is 22.2 Å². The molecule has 2 aromatic rings.